The van der Waals surface area contributed by atoms with Crippen LogP contribution in [0.5, 0.6) is 0 Å². The van der Waals surface area contributed by atoms with Crippen LogP contribution in [0.2, 0.25) is 0 Å². The van der Waals surface area contributed by atoms with Gasteiger partial charge >= 0.3 is 5.97 Å². The lowest BCUT2D eigenvalue weighted by Crippen LogP contribution is -2.29. The van der Waals surface area contributed by atoms with Crippen molar-refractivity contribution in [3.8, 4) is 0 Å². The quantitative estimate of drug-likeness (QED) is 0.627. The Hall–Kier alpha value is -0.830. The van der Waals surface area contributed by atoms with E-state index < -0.39 is 5.97 Å². The summed E-state index contributed by atoms with van der Waals surface area (Å²) in [6.45, 7) is 11.7. The number of likely N-dealkylation sites (N-methyl/N-ethyl adjacent to an activating group) is 1. The molecule has 11 heavy (non-hydrogen) atoms. The van der Waals surface area contributed by atoms with E-state index in [4.69, 9.17) is 5.11 Å². The molecule has 0 atom stereocenters. The average Bonchev–Trinajstić information content (AvgIpc) is 2.03. The summed E-state index contributed by atoms with van der Waals surface area (Å²) in [5.74, 6) is -0.751. The first-order valence-electron chi connectivity index (χ1n) is 3.64. The van der Waals surface area contributed by atoms with Crippen molar-refractivity contribution in [1.82, 2.24) is 4.90 Å². The van der Waals surface area contributed by atoms with Gasteiger partial charge in [-0.25, -0.2) is 0 Å². The normalized spacial score (nSPS) is 8.64. The van der Waals surface area contributed by atoms with Crippen LogP contribution in [0.1, 0.15) is 13.8 Å². The topological polar surface area (TPSA) is 40.5 Å². The molecule has 3 nitrogen and oxygen atoms in total. The third-order valence-corrected chi connectivity index (χ3v) is 1.25. The number of carbonyl (C=O) groups is 1. The highest BCUT2D eigenvalue weighted by molar-refractivity contribution is 5.69. The molecular weight excluding hydrogens is 142 g/mol. The molecule has 1 N–H and O–H groups in total. The van der Waals surface area contributed by atoms with Crippen LogP contribution in [0.15, 0.2) is 13.2 Å². The smallest absolute Gasteiger partial charge is 0.317 e. The first-order chi connectivity index (χ1) is 5.20. The highest BCUT2D eigenvalue weighted by Crippen LogP contribution is 1.84. The number of carboxylic acid groups (broad SMARTS) is 1. The Balaban J connectivity index is 0. The van der Waals surface area contributed by atoms with Crippen molar-refractivity contribution in [3.05, 3.63) is 13.2 Å². The number of hydrogen-bond donors (Lipinski definition) is 1. The molecule has 0 aromatic carbocycles. The van der Waals surface area contributed by atoms with E-state index in [0.717, 1.165) is 13.1 Å². The minimum absolute atomic E-state index is 0.160. The Bertz CT molecular complexity index is 100. The maximum Gasteiger partial charge on any atom is 0.317 e. The van der Waals surface area contributed by atoms with Gasteiger partial charge < -0.3 is 5.11 Å². The van der Waals surface area contributed by atoms with Gasteiger partial charge in [-0.2, -0.15) is 0 Å². The van der Waals surface area contributed by atoms with Gasteiger partial charge in [-0.05, 0) is 13.1 Å². The van der Waals surface area contributed by atoms with Crippen LogP contribution < -0.4 is 0 Å². The SMILES string of the molecule is C=C.CCN(CC)CC(=O)O. The second-order valence-corrected chi connectivity index (χ2v) is 1.86. The van der Waals surface area contributed by atoms with E-state index in [-0.39, 0.29) is 6.54 Å². The number of hydrogen-bond acceptors (Lipinski definition) is 2. The highest BCUT2D eigenvalue weighted by Gasteiger charge is 2.02. The van der Waals surface area contributed by atoms with Crippen LogP contribution in [0.25, 0.3) is 0 Å². The molecule has 0 fully saturated rings. The fourth-order valence-electron chi connectivity index (χ4n) is 0.639. The molecule has 0 rings (SSSR count). The second-order valence-electron chi connectivity index (χ2n) is 1.86. The van der Waals surface area contributed by atoms with E-state index in [2.05, 4.69) is 13.2 Å². The molecular formula is C8H17NO2. The number of nitrogens with zero attached hydrogens (tertiary/aromatic N) is 1. The summed E-state index contributed by atoms with van der Waals surface area (Å²) < 4.78 is 0. The van der Waals surface area contributed by atoms with E-state index >= 15 is 0 Å². The third-order valence-electron chi connectivity index (χ3n) is 1.25. The molecule has 0 amide bonds. The van der Waals surface area contributed by atoms with Crippen molar-refractivity contribution >= 4 is 5.97 Å². The summed E-state index contributed by atoms with van der Waals surface area (Å²) in [6, 6.07) is 0. The van der Waals surface area contributed by atoms with Crippen molar-refractivity contribution < 1.29 is 9.90 Å². The molecule has 0 aliphatic carbocycles. The first kappa shape index (κ1) is 12.8. The Kier molecular flexibility index (Phi) is 10.7. The zero-order valence-electron chi connectivity index (χ0n) is 7.34. The second kappa shape index (κ2) is 9.17. The molecule has 0 heterocycles. The summed E-state index contributed by atoms with van der Waals surface area (Å²) in [5, 5.41) is 8.30. The van der Waals surface area contributed by atoms with Crippen LogP contribution in [-0.2, 0) is 4.79 Å². The fourth-order valence-corrected chi connectivity index (χ4v) is 0.639. The van der Waals surface area contributed by atoms with Crippen molar-refractivity contribution in [2.24, 2.45) is 0 Å². The molecule has 0 bridgehead atoms. The monoisotopic (exact) mass is 159 g/mol. The fraction of sp³-hybridized carbons (Fsp3) is 0.625. The van der Waals surface area contributed by atoms with Crippen molar-refractivity contribution in [1.29, 1.82) is 0 Å². The van der Waals surface area contributed by atoms with Gasteiger partial charge in [0.15, 0.2) is 0 Å². The van der Waals surface area contributed by atoms with Crippen molar-refractivity contribution in [2.75, 3.05) is 19.6 Å². The van der Waals surface area contributed by atoms with Crippen molar-refractivity contribution in [2.45, 2.75) is 13.8 Å². The lowest BCUT2D eigenvalue weighted by atomic mass is 10.5. The molecule has 66 valence electrons. The Morgan fingerprint density at radius 3 is 1.82 bits per heavy atom. The van der Waals surface area contributed by atoms with Gasteiger partial charge in [0.05, 0.1) is 6.54 Å². The van der Waals surface area contributed by atoms with E-state index in [1.165, 1.54) is 0 Å². The van der Waals surface area contributed by atoms with Gasteiger partial charge in [-0.1, -0.05) is 13.8 Å². The summed E-state index contributed by atoms with van der Waals surface area (Å²) >= 11 is 0. The predicted octanol–water partition coefficient (Wildman–Crippen LogP) is 1.21. The predicted molar refractivity (Wildman–Crippen MR) is 46.7 cm³/mol. The van der Waals surface area contributed by atoms with Gasteiger partial charge in [0.25, 0.3) is 0 Å². The summed E-state index contributed by atoms with van der Waals surface area (Å²) in [5.41, 5.74) is 0. The summed E-state index contributed by atoms with van der Waals surface area (Å²) in [4.78, 5) is 11.9. The number of aliphatic carboxylic acids is 1. The molecule has 0 aliphatic rings. The van der Waals surface area contributed by atoms with Gasteiger partial charge in [-0.15, -0.1) is 13.2 Å². The maximum atomic E-state index is 10.1. The van der Waals surface area contributed by atoms with Crippen molar-refractivity contribution in [3.63, 3.8) is 0 Å². The third kappa shape index (κ3) is 9.17. The van der Waals surface area contributed by atoms with E-state index in [1.807, 2.05) is 18.7 Å². The summed E-state index contributed by atoms with van der Waals surface area (Å²) in [6.07, 6.45) is 0. The Labute approximate surface area is 68.3 Å². The lowest BCUT2D eigenvalue weighted by Gasteiger charge is -2.13. The molecule has 0 aromatic rings. The van der Waals surface area contributed by atoms with E-state index in [9.17, 15) is 4.79 Å². The van der Waals surface area contributed by atoms with Crippen LogP contribution >= 0.6 is 0 Å². The molecule has 0 aliphatic heterocycles. The van der Waals surface area contributed by atoms with E-state index in [1.54, 1.807) is 0 Å². The van der Waals surface area contributed by atoms with Gasteiger partial charge in [-0.3, -0.25) is 9.69 Å². The van der Waals surface area contributed by atoms with Crippen LogP contribution in [0.3, 0.4) is 0 Å². The summed E-state index contributed by atoms with van der Waals surface area (Å²) in [7, 11) is 0. The minimum Gasteiger partial charge on any atom is -0.480 e. The average molecular weight is 159 g/mol. The zero-order chi connectivity index (χ0) is 9.28. The van der Waals surface area contributed by atoms with Gasteiger partial charge in [0.1, 0.15) is 0 Å². The standard InChI is InChI=1S/C6H13NO2.C2H4/c1-3-7(4-2)5-6(8)9;1-2/h3-5H2,1-2H3,(H,8,9);1-2H2. The lowest BCUT2D eigenvalue weighted by molar-refractivity contribution is -0.138. The van der Waals surface area contributed by atoms with Gasteiger partial charge in [0.2, 0.25) is 0 Å². The zero-order valence-corrected chi connectivity index (χ0v) is 7.34. The van der Waals surface area contributed by atoms with Crippen LogP contribution in [0, 0.1) is 0 Å². The molecule has 0 saturated carbocycles. The molecule has 0 aromatic heterocycles. The largest absolute Gasteiger partial charge is 0.480 e. The number of carboxylic acids is 1. The van der Waals surface area contributed by atoms with Crippen LogP contribution in [0.4, 0.5) is 0 Å². The van der Waals surface area contributed by atoms with Crippen LogP contribution in [-0.4, -0.2) is 35.6 Å². The molecule has 0 saturated heterocycles. The maximum absolute atomic E-state index is 10.1. The Morgan fingerprint density at radius 1 is 1.36 bits per heavy atom. The highest BCUT2D eigenvalue weighted by atomic mass is 16.4. The van der Waals surface area contributed by atoms with Gasteiger partial charge in [0, 0.05) is 0 Å². The first-order valence-corrected chi connectivity index (χ1v) is 3.64. The van der Waals surface area contributed by atoms with E-state index in [0.29, 0.717) is 0 Å². The Morgan fingerprint density at radius 2 is 1.73 bits per heavy atom. The minimum atomic E-state index is -0.751. The molecule has 0 unspecified atom stereocenters. The molecule has 0 spiro atoms. The molecule has 3 heteroatoms. The number of rotatable bonds is 4. The molecule has 0 radical (unpaired) electrons.